The molecule has 26 heavy (non-hydrogen) atoms. The van der Waals surface area contributed by atoms with Gasteiger partial charge in [-0.25, -0.2) is 14.2 Å². The Kier molecular flexibility index (Phi) is 5.01. The number of amides is 2. The summed E-state index contributed by atoms with van der Waals surface area (Å²) in [4.78, 5) is 16.4. The zero-order valence-corrected chi connectivity index (χ0v) is 14.8. The Balaban J connectivity index is 1.66. The number of aromatic amines is 1. The molecule has 0 fully saturated rings. The molecule has 4 N–H and O–H groups in total. The quantitative estimate of drug-likeness (QED) is 0.559. The number of rotatable bonds is 5. The van der Waals surface area contributed by atoms with Crippen molar-refractivity contribution in [1.82, 2.24) is 20.5 Å². The normalized spacial score (nSPS) is 12.2. The lowest BCUT2D eigenvalue weighted by Gasteiger charge is -2.14. The van der Waals surface area contributed by atoms with Crippen molar-refractivity contribution in [2.24, 2.45) is 0 Å². The fourth-order valence-corrected chi connectivity index (χ4v) is 2.55. The SMILES string of the molecule is CC(C)Nc1n[nH]c2cc(NC(=O)NC(C)c3ccc(F)cc3)ncc12. The van der Waals surface area contributed by atoms with Gasteiger partial charge in [0.2, 0.25) is 0 Å². The van der Waals surface area contributed by atoms with E-state index in [-0.39, 0.29) is 17.9 Å². The van der Waals surface area contributed by atoms with E-state index in [1.54, 1.807) is 24.4 Å². The lowest BCUT2D eigenvalue weighted by Crippen LogP contribution is -2.31. The summed E-state index contributed by atoms with van der Waals surface area (Å²) >= 11 is 0. The van der Waals surface area contributed by atoms with E-state index in [1.165, 1.54) is 12.1 Å². The first kappa shape index (κ1) is 17.7. The van der Waals surface area contributed by atoms with E-state index in [0.29, 0.717) is 5.82 Å². The molecule has 0 aliphatic heterocycles. The van der Waals surface area contributed by atoms with Crippen LogP contribution in [0.3, 0.4) is 0 Å². The van der Waals surface area contributed by atoms with Gasteiger partial charge in [0.25, 0.3) is 0 Å². The number of nitrogens with one attached hydrogen (secondary N) is 4. The molecule has 1 atom stereocenters. The number of urea groups is 1. The molecule has 0 saturated heterocycles. The summed E-state index contributed by atoms with van der Waals surface area (Å²) in [6, 6.07) is 7.30. The Morgan fingerprint density at radius 3 is 2.62 bits per heavy atom. The minimum atomic E-state index is -0.395. The Hall–Kier alpha value is -3.16. The Labute approximate surface area is 150 Å². The van der Waals surface area contributed by atoms with E-state index in [2.05, 4.69) is 31.1 Å². The number of hydrogen-bond donors (Lipinski definition) is 4. The van der Waals surface area contributed by atoms with Crippen LogP contribution < -0.4 is 16.0 Å². The van der Waals surface area contributed by atoms with Gasteiger partial charge in [-0.3, -0.25) is 10.4 Å². The lowest BCUT2D eigenvalue weighted by atomic mass is 10.1. The Morgan fingerprint density at radius 2 is 1.92 bits per heavy atom. The van der Waals surface area contributed by atoms with Crippen LogP contribution in [0.15, 0.2) is 36.5 Å². The van der Waals surface area contributed by atoms with Crippen LogP contribution >= 0.6 is 0 Å². The zero-order valence-electron chi connectivity index (χ0n) is 14.8. The van der Waals surface area contributed by atoms with E-state index < -0.39 is 6.03 Å². The van der Waals surface area contributed by atoms with Gasteiger partial charge in [-0.1, -0.05) is 12.1 Å². The standard InChI is InChI=1S/C18H21FN6O/c1-10(2)21-17-14-9-20-16(8-15(14)24-25-17)23-18(26)22-11(3)12-4-6-13(19)7-5-12/h4-11H,1-3H3,(H2,21,24,25)(H2,20,22,23,26). The molecule has 7 nitrogen and oxygen atoms in total. The average molecular weight is 356 g/mol. The molecule has 2 amide bonds. The van der Waals surface area contributed by atoms with Gasteiger partial charge in [0, 0.05) is 18.3 Å². The van der Waals surface area contributed by atoms with Crippen molar-refractivity contribution < 1.29 is 9.18 Å². The van der Waals surface area contributed by atoms with Gasteiger partial charge in [-0.2, -0.15) is 5.10 Å². The van der Waals surface area contributed by atoms with Crippen molar-refractivity contribution in [3.63, 3.8) is 0 Å². The van der Waals surface area contributed by atoms with Crippen LogP contribution in [0.1, 0.15) is 32.4 Å². The number of anilines is 2. The molecule has 3 aromatic rings. The average Bonchev–Trinajstić information content (AvgIpc) is 2.96. The van der Waals surface area contributed by atoms with Gasteiger partial charge in [-0.15, -0.1) is 0 Å². The lowest BCUT2D eigenvalue weighted by molar-refractivity contribution is 0.249. The molecule has 3 rings (SSSR count). The van der Waals surface area contributed by atoms with E-state index in [9.17, 15) is 9.18 Å². The second-order valence-electron chi connectivity index (χ2n) is 6.36. The molecule has 136 valence electrons. The summed E-state index contributed by atoms with van der Waals surface area (Å²) in [5.74, 6) is 0.818. The van der Waals surface area contributed by atoms with E-state index in [4.69, 9.17) is 0 Å². The second kappa shape index (κ2) is 7.38. The summed E-state index contributed by atoms with van der Waals surface area (Å²) in [6.45, 7) is 5.87. The van der Waals surface area contributed by atoms with Crippen LogP contribution in [0.25, 0.3) is 10.9 Å². The highest BCUT2D eigenvalue weighted by atomic mass is 19.1. The summed E-state index contributed by atoms with van der Waals surface area (Å²) in [6.07, 6.45) is 1.66. The molecule has 0 saturated carbocycles. The smallest absolute Gasteiger partial charge is 0.320 e. The minimum absolute atomic E-state index is 0.248. The van der Waals surface area contributed by atoms with E-state index in [1.807, 2.05) is 20.8 Å². The summed E-state index contributed by atoms with van der Waals surface area (Å²) in [7, 11) is 0. The molecule has 2 heterocycles. The van der Waals surface area contributed by atoms with Crippen LogP contribution in [0.2, 0.25) is 0 Å². The molecule has 0 bridgehead atoms. The predicted molar refractivity (Wildman–Crippen MR) is 99.6 cm³/mol. The number of halogens is 1. The third kappa shape index (κ3) is 4.08. The highest BCUT2D eigenvalue weighted by molar-refractivity contribution is 5.94. The van der Waals surface area contributed by atoms with Crippen molar-refractivity contribution in [2.75, 3.05) is 10.6 Å². The molecular formula is C18H21FN6O. The van der Waals surface area contributed by atoms with Crippen molar-refractivity contribution in [1.29, 1.82) is 0 Å². The number of H-pyrrole nitrogens is 1. The highest BCUT2D eigenvalue weighted by Gasteiger charge is 2.12. The molecule has 0 spiro atoms. The molecule has 1 unspecified atom stereocenters. The van der Waals surface area contributed by atoms with Gasteiger partial charge in [0.1, 0.15) is 11.6 Å². The third-order valence-electron chi connectivity index (χ3n) is 3.83. The number of fused-ring (bicyclic) bond motifs is 1. The van der Waals surface area contributed by atoms with Crippen LogP contribution in [0, 0.1) is 5.82 Å². The van der Waals surface area contributed by atoms with Crippen LogP contribution in [0.4, 0.5) is 20.8 Å². The molecule has 0 radical (unpaired) electrons. The van der Waals surface area contributed by atoms with Gasteiger partial charge in [0.15, 0.2) is 5.82 Å². The maximum Gasteiger partial charge on any atom is 0.320 e. The summed E-state index contributed by atoms with van der Waals surface area (Å²) in [5.41, 5.74) is 1.58. The first-order valence-corrected chi connectivity index (χ1v) is 8.36. The minimum Gasteiger partial charge on any atom is -0.366 e. The molecular weight excluding hydrogens is 335 g/mol. The molecule has 0 aliphatic rings. The van der Waals surface area contributed by atoms with Crippen molar-refractivity contribution >= 4 is 28.6 Å². The number of nitrogens with zero attached hydrogens (tertiary/aromatic N) is 2. The number of hydrogen-bond acceptors (Lipinski definition) is 4. The molecule has 1 aromatic carbocycles. The number of benzene rings is 1. The Morgan fingerprint density at radius 1 is 1.19 bits per heavy atom. The zero-order chi connectivity index (χ0) is 18.7. The van der Waals surface area contributed by atoms with Crippen molar-refractivity contribution in [3.05, 3.63) is 47.9 Å². The number of aromatic nitrogens is 3. The van der Waals surface area contributed by atoms with Crippen LogP contribution in [0.5, 0.6) is 0 Å². The van der Waals surface area contributed by atoms with Gasteiger partial charge >= 0.3 is 6.03 Å². The second-order valence-corrected chi connectivity index (χ2v) is 6.36. The molecule has 8 heteroatoms. The maximum absolute atomic E-state index is 13.0. The van der Waals surface area contributed by atoms with Gasteiger partial charge in [0.05, 0.1) is 16.9 Å². The largest absolute Gasteiger partial charge is 0.366 e. The number of carbonyl (C=O) groups excluding carboxylic acids is 1. The molecule has 0 aliphatic carbocycles. The van der Waals surface area contributed by atoms with E-state index >= 15 is 0 Å². The Bertz CT molecular complexity index is 906. The fourth-order valence-electron chi connectivity index (χ4n) is 2.55. The highest BCUT2D eigenvalue weighted by Crippen LogP contribution is 2.22. The van der Waals surface area contributed by atoms with Crippen LogP contribution in [-0.4, -0.2) is 27.3 Å². The number of carbonyl (C=O) groups is 1. The summed E-state index contributed by atoms with van der Waals surface area (Å²) < 4.78 is 13.0. The fraction of sp³-hybridized carbons (Fsp3) is 0.278. The van der Waals surface area contributed by atoms with E-state index in [0.717, 1.165) is 22.3 Å². The summed E-state index contributed by atoms with van der Waals surface area (Å²) in [5, 5.41) is 16.7. The predicted octanol–water partition coefficient (Wildman–Crippen LogP) is 3.80. The maximum atomic E-state index is 13.0. The first-order chi connectivity index (χ1) is 12.4. The first-order valence-electron chi connectivity index (χ1n) is 8.36. The number of pyridine rings is 1. The van der Waals surface area contributed by atoms with Crippen molar-refractivity contribution in [2.45, 2.75) is 32.9 Å². The van der Waals surface area contributed by atoms with Crippen LogP contribution in [-0.2, 0) is 0 Å². The topological polar surface area (TPSA) is 94.7 Å². The monoisotopic (exact) mass is 356 g/mol. The van der Waals surface area contributed by atoms with Gasteiger partial charge < -0.3 is 10.6 Å². The van der Waals surface area contributed by atoms with Gasteiger partial charge in [-0.05, 0) is 38.5 Å². The van der Waals surface area contributed by atoms with Crippen molar-refractivity contribution in [3.8, 4) is 0 Å². The third-order valence-corrected chi connectivity index (χ3v) is 3.83. The molecule has 2 aromatic heterocycles.